The highest BCUT2D eigenvalue weighted by Gasteiger charge is 2.24. The van der Waals surface area contributed by atoms with Crippen LogP contribution in [0.3, 0.4) is 0 Å². The second-order valence-corrected chi connectivity index (χ2v) is 4.55. The van der Waals surface area contributed by atoms with Crippen molar-refractivity contribution in [3.8, 4) is 11.4 Å². The second kappa shape index (κ2) is 4.76. The summed E-state index contributed by atoms with van der Waals surface area (Å²) in [7, 11) is 0. The van der Waals surface area contributed by atoms with Gasteiger partial charge in [0.1, 0.15) is 5.82 Å². The lowest BCUT2D eigenvalue weighted by Gasteiger charge is -2.03. The lowest BCUT2D eigenvalue weighted by atomic mass is 10.2. The summed E-state index contributed by atoms with van der Waals surface area (Å²) in [6.07, 6.45) is 5.06. The molecule has 0 saturated heterocycles. The van der Waals surface area contributed by atoms with Crippen molar-refractivity contribution >= 4 is 5.91 Å². The molecule has 1 N–H and O–H groups in total. The first-order valence-electron chi connectivity index (χ1n) is 6.11. The van der Waals surface area contributed by atoms with Crippen molar-refractivity contribution < 1.29 is 9.18 Å². The molecule has 96 valence electrons. The van der Waals surface area contributed by atoms with Gasteiger partial charge in [0.05, 0.1) is 5.56 Å². The Balaban J connectivity index is 1.77. The van der Waals surface area contributed by atoms with Crippen LogP contribution in [-0.4, -0.2) is 21.9 Å². The van der Waals surface area contributed by atoms with Crippen molar-refractivity contribution in [2.45, 2.75) is 18.9 Å². The van der Waals surface area contributed by atoms with Gasteiger partial charge in [0.15, 0.2) is 5.82 Å². The van der Waals surface area contributed by atoms with E-state index in [4.69, 9.17) is 0 Å². The van der Waals surface area contributed by atoms with Crippen molar-refractivity contribution in [2.24, 2.45) is 0 Å². The molecule has 1 aromatic carbocycles. The van der Waals surface area contributed by atoms with Crippen molar-refractivity contribution in [1.82, 2.24) is 15.3 Å². The molecule has 4 nitrogen and oxygen atoms in total. The summed E-state index contributed by atoms with van der Waals surface area (Å²) in [4.78, 5) is 20.0. The van der Waals surface area contributed by atoms with Crippen LogP contribution in [0.2, 0.25) is 0 Å². The summed E-state index contributed by atoms with van der Waals surface area (Å²) in [5.74, 6) is 0.0281. The van der Waals surface area contributed by atoms with Crippen LogP contribution in [0.1, 0.15) is 23.2 Å². The Bertz CT molecular complexity index is 591. The molecule has 1 aliphatic carbocycles. The third-order valence-corrected chi connectivity index (χ3v) is 2.93. The number of nitrogens with zero attached hydrogens (tertiary/aromatic N) is 2. The van der Waals surface area contributed by atoms with E-state index in [0.717, 1.165) is 18.4 Å². The number of carbonyl (C=O) groups is 1. The van der Waals surface area contributed by atoms with E-state index in [2.05, 4.69) is 15.3 Å². The van der Waals surface area contributed by atoms with Gasteiger partial charge < -0.3 is 5.32 Å². The van der Waals surface area contributed by atoms with E-state index in [0.29, 0.717) is 17.4 Å². The third kappa shape index (κ3) is 2.76. The number of nitrogens with one attached hydrogen (secondary N) is 1. The molecule has 0 unspecified atom stereocenters. The number of hydrogen-bond acceptors (Lipinski definition) is 3. The summed E-state index contributed by atoms with van der Waals surface area (Å²) in [5.41, 5.74) is 1.16. The Labute approximate surface area is 109 Å². The summed E-state index contributed by atoms with van der Waals surface area (Å²) in [6, 6.07) is 6.23. The van der Waals surface area contributed by atoms with Crippen LogP contribution in [0.5, 0.6) is 0 Å². The number of carbonyl (C=O) groups excluding carboxylic acids is 1. The zero-order valence-corrected chi connectivity index (χ0v) is 10.1. The minimum absolute atomic E-state index is 0.145. The molecule has 1 aliphatic rings. The van der Waals surface area contributed by atoms with Gasteiger partial charge in [-0.25, -0.2) is 14.4 Å². The van der Waals surface area contributed by atoms with Crippen LogP contribution >= 0.6 is 0 Å². The van der Waals surface area contributed by atoms with E-state index in [1.165, 1.54) is 24.5 Å². The maximum atomic E-state index is 12.8. The van der Waals surface area contributed by atoms with Gasteiger partial charge in [-0.05, 0) is 37.1 Å². The molecule has 1 aromatic heterocycles. The molecule has 0 atom stereocenters. The average molecular weight is 257 g/mol. The first-order valence-corrected chi connectivity index (χ1v) is 6.11. The molecule has 0 aliphatic heterocycles. The minimum atomic E-state index is -0.302. The maximum absolute atomic E-state index is 12.8. The van der Waals surface area contributed by atoms with Gasteiger partial charge in [-0.1, -0.05) is 0 Å². The molecule has 0 radical (unpaired) electrons. The zero-order valence-electron chi connectivity index (χ0n) is 10.1. The number of amides is 1. The molecule has 3 rings (SSSR count). The zero-order chi connectivity index (χ0) is 13.2. The summed E-state index contributed by atoms with van der Waals surface area (Å²) < 4.78 is 12.8. The second-order valence-electron chi connectivity index (χ2n) is 4.55. The van der Waals surface area contributed by atoms with Gasteiger partial charge in [0.2, 0.25) is 0 Å². The Kier molecular flexibility index (Phi) is 2.95. The molecule has 19 heavy (non-hydrogen) atoms. The number of benzene rings is 1. The van der Waals surface area contributed by atoms with Crippen molar-refractivity contribution in [3.63, 3.8) is 0 Å². The molecule has 1 fully saturated rings. The normalized spacial score (nSPS) is 14.2. The van der Waals surface area contributed by atoms with E-state index in [9.17, 15) is 9.18 Å². The topological polar surface area (TPSA) is 54.9 Å². The Hall–Kier alpha value is -2.30. The largest absolute Gasteiger partial charge is 0.349 e. The van der Waals surface area contributed by atoms with Gasteiger partial charge in [-0.15, -0.1) is 0 Å². The molecule has 1 heterocycles. The molecular weight excluding hydrogens is 245 g/mol. The first kappa shape index (κ1) is 11.8. The average Bonchev–Trinajstić information content (AvgIpc) is 3.24. The number of aromatic nitrogens is 2. The fraction of sp³-hybridized carbons (Fsp3) is 0.214. The SMILES string of the molecule is O=C(NC1CC1)c1cnc(-c2ccc(F)cc2)nc1. The van der Waals surface area contributed by atoms with Crippen molar-refractivity contribution in [2.75, 3.05) is 0 Å². The highest BCUT2D eigenvalue weighted by molar-refractivity contribution is 5.94. The highest BCUT2D eigenvalue weighted by Crippen LogP contribution is 2.19. The Morgan fingerprint density at radius 1 is 1.16 bits per heavy atom. The van der Waals surface area contributed by atoms with Crippen LogP contribution in [0.15, 0.2) is 36.7 Å². The molecule has 5 heteroatoms. The molecular formula is C14H12FN3O. The Morgan fingerprint density at radius 2 is 1.79 bits per heavy atom. The predicted molar refractivity (Wildman–Crippen MR) is 67.9 cm³/mol. The monoisotopic (exact) mass is 257 g/mol. The standard InChI is InChI=1S/C14H12FN3O/c15-11-3-1-9(2-4-11)13-16-7-10(8-17-13)14(19)18-12-5-6-12/h1-4,7-8,12H,5-6H2,(H,18,19). The lowest BCUT2D eigenvalue weighted by Crippen LogP contribution is -2.25. The predicted octanol–water partition coefficient (Wildman–Crippen LogP) is 2.17. The molecule has 1 saturated carbocycles. The number of rotatable bonds is 3. The smallest absolute Gasteiger partial charge is 0.254 e. The Morgan fingerprint density at radius 3 is 2.37 bits per heavy atom. The van der Waals surface area contributed by atoms with Gasteiger partial charge in [-0.3, -0.25) is 4.79 Å². The maximum Gasteiger partial charge on any atom is 0.254 e. The molecule has 0 spiro atoms. The summed E-state index contributed by atoms with van der Waals surface area (Å²) >= 11 is 0. The van der Waals surface area contributed by atoms with Gasteiger partial charge in [0, 0.05) is 24.0 Å². The van der Waals surface area contributed by atoms with Crippen molar-refractivity contribution in [1.29, 1.82) is 0 Å². The molecule has 1 amide bonds. The number of halogens is 1. The number of hydrogen-bond donors (Lipinski definition) is 1. The summed E-state index contributed by atoms with van der Waals surface area (Å²) in [5, 5.41) is 2.87. The van der Waals surface area contributed by atoms with Crippen LogP contribution in [0.4, 0.5) is 4.39 Å². The first-order chi connectivity index (χ1) is 9.22. The minimum Gasteiger partial charge on any atom is -0.349 e. The summed E-state index contributed by atoms with van der Waals surface area (Å²) in [6.45, 7) is 0. The van der Waals surface area contributed by atoms with Crippen LogP contribution in [0, 0.1) is 5.82 Å². The third-order valence-electron chi connectivity index (χ3n) is 2.93. The van der Waals surface area contributed by atoms with Gasteiger partial charge >= 0.3 is 0 Å². The van der Waals surface area contributed by atoms with Gasteiger partial charge in [-0.2, -0.15) is 0 Å². The highest BCUT2D eigenvalue weighted by atomic mass is 19.1. The fourth-order valence-corrected chi connectivity index (χ4v) is 1.69. The van der Waals surface area contributed by atoms with Crippen LogP contribution in [0.25, 0.3) is 11.4 Å². The van der Waals surface area contributed by atoms with E-state index in [-0.39, 0.29) is 11.7 Å². The van der Waals surface area contributed by atoms with E-state index in [1.54, 1.807) is 12.1 Å². The molecule has 2 aromatic rings. The quantitative estimate of drug-likeness (QED) is 0.916. The van der Waals surface area contributed by atoms with Crippen LogP contribution < -0.4 is 5.32 Å². The lowest BCUT2D eigenvalue weighted by molar-refractivity contribution is 0.0950. The fourth-order valence-electron chi connectivity index (χ4n) is 1.69. The van der Waals surface area contributed by atoms with E-state index in [1.807, 2.05) is 0 Å². The van der Waals surface area contributed by atoms with E-state index >= 15 is 0 Å². The van der Waals surface area contributed by atoms with E-state index < -0.39 is 0 Å². The van der Waals surface area contributed by atoms with Crippen molar-refractivity contribution in [3.05, 3.63) is 48.0 Å². The molecule has 0 bridgehead atoms. The van der Waals surface area contributed by atoms with Gasteiger partial charge in [0.25, 0.3) is 5.91 Å². The van der Waals surface area contributed by atoms with Crippen LogP contribution in [-0.2, 0) is 0 Å².